The largest absolute Gasteiger partial charge is 0.346 e. The van der Waals surface area contributed by atoms with Crippen molar-refractivity contribution in [1.29, 1.82) is 0 Å². The molecule has 0 radical (unpaired) electrons. The molecule has 1 aliphatic carbocycles. The van der Waals surface area contributed by atoms with Gasteiger partial charge in [0, 0.05) is 12.6 Å². The average Bonchev–Trinajstić information content (AvgIpc) is 3.26. The molecule has 1 aliphatic rings. The van der Waals surface area contributed by atoms with E-state index in [1.54, 1.807) is 0 Å². The van der Waals surface area contributed by atoms with Crippen LogP contribution in [0.5, 0.6) is 0 Å². The Balaban J connectivity index is 1.96. The molecule has 0 atom stereocenters. The molecule has 2 amide bonds. The van der Waals surface area contributed by atoms with Crippen molar-refractivity contribution >= 4 is 11.8 Å². The molecule has 2 rings (SSSR count). The van der Waals surface area contributed by atoms with Gasteiger partial charge in [-0.1, -0.05) is 29.8 Å². The predicted octanol–water partition coefficient (Wildman–Crippen LogP) is 0.561. The Morgan fingerprint density at radius 3 is 2.75 bits per heavy atom. The minimum atomic E-state index is -0.301. The molecule has 0 saturated heterocycles. The molecule has 0 heterocycles. The SMILES string of the molecule is Cc1cccc(CN(C(=O)CNC(=O)CN)C2CC2)c1. The third-order valence-electron chi connectivity index (χ3n) is 3.37. The number of nitrogens with zero attached hydrogens (tertiary/aromatic N) is 1. The van der Waals surface area contributed by atoms with E-state index >= 15 is 0 Å². The number of hydrogen-bond acceptors (Lipinski definition) is 3. The Morgan fingerprint density at radius 1 is 1.40 bits per heavy atom. The van der Waals surface area contributed by atoms with Crippen LogP contribution in [-0.2, 0) is 16.1 Å². The molecule has 1 saturated carbocycles. The number of rotatable bonds is 6. The Kier molecular flexibility index (Phi) is 4.74. The zero-order valence-corrected chi connectivity index (χ0v) is 11.8. The smallest absolute Gasteiger partial charge is 0.242 e. The average molecular weight is 275 g/mol. The molecule has 5 heteroatoms. The molecule has 1 aromatic rings. The van der Waals surface area contributed by atoms with Crippen molar-refractivity contribution in [1.82, 2.24) is 10.2 Å². The normalized spacial score (nSPS) is 13.9. The minimum absolute atomic E-state index is 0.0261. The van der Waals surface area contributed by atoms with E-state index in [4.69, 9.17) is 5.73 Å². The van der Waals surface area contributed by atoms with Gasteiger partial charge in [-0.2, -0.15) is 0 Å². The molecule has 5 nitrogen and oxygen atoms in total. The number of hydrogen-bond donors (Lipinski definition) is 2. The van der Waals surface area contributed by atoms with Crippen LogP contribution in [0.3, 0.4) is 0 Å². The summed E-state index contributed by atoms with van der Waals surface area (Å²) < 4.78 is 0. The Labute approximate surface area is 119 Å². The molecule has 1 fully saturated rings. The molecule has 0 aliphatic heterocycles. The summed E-state index contributed by atoms with van der Waals surface area (Å²) in [5.41, 5.74) is 7.51. The quantitative estimate of drug-likeness (QED) is 0.796. The van der Waals surface area contributed by atoms with Gasteiger partial charge in [0.05, 0.1) is 13.1 Å². The summed E-state index contributed by atoms with van der Waals surface area (Å²) in [6.07, 6.45) is 2.09. The fraction of sp³-hybridized carbons (Fsp3) is 0.467. The van der Waals surface area contributed by atoms with Crippen molar-refractivity contribution in [2.75, 3.05) is 13.1 Å². The maximum absolute atomic E-state index is 12.2. The maximum Gasteiger partial charge on any atom is 0.242 e. The second kappa shape index (κ2) is 6.52. The van der Waals surface area contributed by atoms with Crippen LogP contribution < -0.4 is 11.1 Å². The fourth-order valence-corrected chi connectivity index (χ4v) is 2.16. The molecule has 0 bridgehead atoms. The molecule has 108 valence electrons. The van der Waals surface area contributed by atoms with Crippen LogP contribution in [0.25, 0.3) is 0 Å². The highest BCUT2D eigenvalue weighted by Crippen LogP contribution is 2.28. The summed E-state index contributed by atoms with van der Waals surface area (Å²) in [6, 6.07) is 8.46. The minimum Gasteiger partial charge on any atom is -0.346 e. The summed E-state index contributed by atoms with van der Waals surface area (Å²) in [6.45, 7) is 2.57. The highest BCUT2D eigenvalue weighted by atomic mass is 16.2. The van der Waals surface area contributed by atoms with Crippen LogP contribution in [0, 0.1) is 6.92 Å². The van der Waals surface area contributed by atoms with Crippen LogP contribution in [0.2, 0.25) is 0 Å². The van der Waals surface area contributed by atoms with Gasteiger partial charge in [0.2, 0.25) is 11.8 Å². The van der Waals surface area contributed by atoms with Gasteiger partial charge >= 0.3 is 0 Å². The molecule has 0 aromatic heterocycles. The Bertz CT molecular complexity index is 498. The number of amides is 2. The lowest BCUT2D eigenvalue weighted by Crippen LogP contribution is -2.42. The number of benzene rings is 1. The topological polar surface area (TPSA) is 75.4 Å². The molecule has 20 heavy (non-hydrogen) atoms. The third kappa shape index (κ3) is 4.06. The van der Waals surface area contributed by atoms with E-state index < -0.39 is 0 Å². The van der Waals surface area contributed by atoms with Gasteiger partial charge in [-0.25, -0.2) is 0 Å². The van der Waals surface area contributed by atoms with Crippen molar-refractivity contribution in [2.24, 2.45) is 5.73 Å². The van der Waals surface area contributed by atoms with Crippen LogP contribution in [0.15, 0.2) is 24.3 Å². The molecule has 1 aromatic carbocycles. The summed E-state index contributed by atoms with van der Waals surface area (Å²) in [4.78, 5) is 25.2. The molecule has 3 N–H and O–H groups in total. The van der Waals surface area contributed by atoms with Crippen LogP contribution >= 0.6 is 0 Å². The number of carbonyl (C=O) groups excluding carboxylic acids is 2. The van der Waals surface area contributed by atoms with Crippen molar-refractivity contribution in [2.45, 2.75) is 32.4 Å². The number of aryl methyl sites for hydroxylation is 1. The van der Waals surface area contributed by atoms with E-state index in [9.17, 15) is 9.59 Å². The van der Waals surface area contributed by atoms with Gasteiger partial charge in [0.1, 0.15) is 0 Å². The summed E-state index contributed by atoms with van der Waals surface area (Å²) in [7, 11) is 0. The second-order valence-electron chi connectivity index (χ2n) is 5.22. The van der Waals surface area contributed by atoms with E-state index in [1.165, 1.54) is 5.56 Å². The second-order valence-corrected chi connectivity index (χ2v) is 5.22. The van der Waals surface area contributed by atoms with Crippen LogP contribution in [0.4, 0.5) is 0 Å². The first kappa shape index (κ1) is 14.5. The zero-order chi connectivity index (χ0) is 14.5. The molecular weight excluding hydrogens is 254 g/mol. The first-order valence-electron chi connectivity index (χ1n) is 6.92. The lowest BCUT2D eigenvalue weighted by molar-refractivity contribution is -0.133. The van der Waals surface area contributed by atoms with Gasteiger partial charge in [-0.3, -0.25) is 9.59 Å². The lowest BCUT2D eigenvalue weighted by Gasteiger charge is -2.23. The maximum atomic E-state index is 12.2. The van der Waals surface area contributed by atoms with E-state index in [0.29, 0.717) is 12.6 Å². The Hall–Kier alpha value is -1.88. The van der Waals surface area contributed by atoms with Gasteiger partial charge in [0.25, 0.3) is 0 Å². The first-order valence-corrected chi connectivity index (χ1v) is 6.92. The van der Waals surface area contributed by atoms with Crippen LogP contribution in [-0.4, -0.2) is 35.8 Å². The van der Waals surface area contributed by atoms with E-state index in [0.717, 1.165) is 18.4 Å². The van der Waals surface area contributed by atoms with Crippen molar-refractivity contribution in [3.05, 3.63) is 35.4 Å². The summed E-state index contributed by atoms with van der Waals surface area (Å²) in [5, 5.41) is 2.54. The molecule has 0 unspecified atom stereocenters. The Morgan fingerprint density at radius 2 is 2.15 bits per heavy atom. The van der Waals surface area contributed by atoms with E-state index in [2.05, 4.69) is 11.4 Å². The fourth-order valence-electron chi connectivity index (χ4n) is 2.16. The van der Waals surface area contributed by atoms with E-state index in [-0.39, 0.29) is 24.9 Å². The van der Waals surface area contributed by atoms with Crippen molar-refractivity contribution in [3.63, 3.8) is 0 Å². The predicted molar refractivity (Wildman–Crippen MR) is 76.8 cm³/mol. The highest BCUT2D eigenvalue weighted by molar-refractivity contribution is 5.85. The zero-order valence-electron chi connectivity index (χ0n) is 11.8. The number of nitrogens with one attached hydrogen (secondary N) is 1. The number of carbonyl (C=O) groups is 2. The van der Waals surface area contributed by atoms with Gasteiger partial charge in [-0.05, 0) is 25.3 Å². The van der Waals surface area contributed by atoms with Crippen LogP contribution in [0.1, 0.15) is 24.0 Å². The number of nitrogens with two attached hydrogens (primary N) is 1. The van der Waals surface area contributed by atoms with Gasteiger partial charge in [-0.15, -0.1) is 0 Å². The third-order valence-corrected chi connectivity index (χ3v) is 3.37. The summed E-state index contributed by atoms with van der Waals surface area (Å²) in [5.74, 6) is -0.347. The monoisotopic (exact) mass is 275 g/mol. The standard InChI is InChI=1S/C15H21N3O2/c1-11-3-2-4-12(7-11)10-18(13-5-6-13)15(20)9-17-14(19)8-16/h2-4,7,13H,5-6,8-10,16H2,1H3,(H,17,19). The van der Waals surface area contributed by atoms with Gasteiger partial charge < -0.3 is 16.0 Å². The van der Waals surface area contributed by atoms with Crippen molar-refractivity contribution < 1.29 is 9.59 Å². The summed E-state index contributed by atoms with van der Waals surface area (Å²) >= 11 is 0. The van der Waals surface area contributed by atoms with Crippen molar-refractivity contribution in [3.8, 4) is 0 Å². The lowest BCUT2D eigenvalue weighted by atomic mass is 10.1. The molecular formula is C15H21N3O2. The van der Waals surface area contributed by atoms with E-state index in [1.807, 2.05) is 30.0 Å². The van der Waals surface area contributed by atoms with Gasteiger partial charge in [0.15, 0.2) is 0 Å². The highest BCUT2D eigenvalue weighted by Gasteiger charge is 2.32. The molecule has 0 spiro atoms. The first-order chi connectivity index (χ1) is 9.60.